The second-order valence-corrected chi connectivity index (χ2v) is 7.68. The lowest BCUT2D eigenvalue weighted by atomic mass is 10.0. The monoisotopic (exact) mass is 420 g/mol. The molecule has 1 unspecified atom stereocenters. The molecule has 7 heteroatoms. The van der Waals surface area contributed by atoms with Crippen molar-refractivity contribution in [3.8, 4) is 11.5 Å². The van der Waals surface area contributed by atoms with E-state index in [1.165, 1.54) is 5.01 Å². The number of aldehydes is 1. The Kier molecular flexibility index (Phi) is 5.90. The van der Waals surface area contributed by atoms with Crippen LogP contribution in [0, 0.1) is 0 Å². The fraction of sp³-hybridized carbons (Fsp3) is 0.174. The summed E-state index contributed by atoms with van der Waals surface area (Å²) in [6.07, 6.45) is 1.31. The molecular weight excluding hydrogens is 400 g/mol. The normalized spacial score (nSPS) is 15.6. The number of thiophene rings is 1. The van der Waals surface area contributed by atoms with Gasteiger partial charge in [0.05, 0.1) is 24.4 Å². The van der Waals surface area contributed by atoms with Crippen molar-refractivity contribution in [1.82, 2.24) is 5.01 Å². The van der Waals surface area contributed by atoms with Gasteiger partial charge in [-0.3, -0.25) is 9.59 Å². The number of benzene rings is 2. The van der Waals surface area contributed by atoms with Gasteiger partial charge in [0, 0.05) is 16.9 Å². The first-order valence-corrected chi connectivity index (χ1v) is 10.3. The summed E-state index contributed by atoms with van der Waals surface area (Å²) in [5.74, 6) is 0.846. The number of hydrogen-bond acceptors (Lipinski definition) is 6. The molecule has 1 aliphatic rings. The van der Waals surface area contributed by atoms with Gasteiger partial charge in [0.25, 0.3) is 5.91 Å². The summed E-state index contributed by atoms with van der Waals surface area (Å²) in [7, 11) is 1.62. The molecule has 0 saturated heterocycles. The van der Waals surface area contributed by atoms with Gasteiger partial charge in [-0.1, -0.05) is 30.3 Å². The number of nitrogens with zero attached hydrogens (tertiary/aromatic N) is 2. The van der Waals surface area contributed by atoms with Crippen LogP contribution in [0.3, 0.4) is 0 Å². The van der Waals surface area contributed by atoms with E-state index in [0.717, 1.165) is 21.9 Å². The molecule has 1 atom stereocenters. The van der Waals surface area contributed by atoms with Crippen LogP contribution in [-0.2, 0) is 4.79 Å². The average molecular weight is 420 g/mol. The number of ether oxygens (including phenoxy) is 2. The Bertz CT molecular complexity index is 1080. The summed E-state index contributed by atoms with van der Waals surface area (Å²) in [5, 5.41) is 8.10. The Hall–Kier alpha value is -3.45. The van der Waals surface area contributed by atoms with Gasteiger partial charge in [0.2, 0.25) is 0 Å². The van der Waals surface area contributed by atoms with Gasteiger partial charge >= 0.3 is 0 Å². The molecule has 1 aromatic heterocycles. The fourth-order valence-electron chi connectivity index (χ4n) is 3.33. The molecule has 0 N–H and O–H groups in total. The molecule has 0 saturated carbocycles. The summed E-state index contributed by atoms with van der Waals surface area (Å²) in [5.41, 5.74) is 2.13. The van der Waals surface area contributed by atoms with Gasteiger partial charge in [0.15, 0.2) is 12.9 Å². The van der Waals surface area contributed by atoms with E-state index in [1.807, 2.05) is 41.8 Å². The van der Waals surface area contributed by atoms with E-state index < -0.39 is 0 Å². The minimum atomic E-state index is -0.271. The topological polar surface area (TPSA) is 68.2 Å². The van der Waals surface area contributed by atoms with Crippen molar-refractivity contribution in [3.63, 3.8) is 0 Å². The molecule has 3 aromatic rings. The number of carbonyl (C=O) groups is 2. The van der Waals surface area contributed by atoms with Gasteiger partial charge in [-0.2, -0.15) is 5.10 Å². The lowest BCUT2D eigenvalue weighted by Gasteiger charge is -2.21. The second kappa shape index (κ2) is 8.92. The maximum Gasteiger partial charge on any atom is 0.281 e. The van der Waals surface area contributed by atoms with Crippen molar-refractivity contribution in [2.45, 2.75) is 12.5 Å². The van der Waals surface area contributed by atoms with Gasteiger partial charge < -0.3 is 9.47 Å². The van der Waals surface area contributed by atoms with Crippen LogP contribution in [0.4, 0.5) is 0 Å². The maximum atomic E-state index is 13.0. The van der Waals surface area contributed by atoms with Gasteiger partial charge in [0.1, 0.15) is 11.5 Å². The minimum absolute atomic E-state index is 0.191. The van der Waals surface area contributed by atoms with E-state index in [2.05, 4.69) is 5.10 Å². The van der Waals surface area contributed by atoms with Gasteiger partial charge in [-0.25, -0.2) is 5.01 Å². The summed E-state index contributed by atoms with van der Waals surface area (Å²) in [6.45, 7) is -0.207. The van der Waals surface area contributed by atoms with E-state index in [1.54, 1.807) is 42.7 Å². The highest BCUT2D eigenvalue weighted by atomic mass is 32.1. The summed E-state index contributed by atoms with van der Waals surface area (Å²) >= 11 is 1.59. The van der Waals surface area contributed by atoms with Crippen LogP contribution < -0.4 is 9.47 Å². The van der Waals surface area contributed by atoms with Crippen LogP contribution in [0.25, 0.3) is 0 Å². The third-order valence-electron chi connectivity index (χ3n) is 4.84. The van der Waals surface area contributed by atoms with Crippen molar-refractivity contribution in [3.05, 3.63) is 82.0 Å². The molecule has 1 amide bonds. The largest absolute Gasteiger partial charge is 0.497 e. The zero-order chi connectivity index (χ0) is 20.9. The number of para-hydroxylation sites is 1. The minimum Gasteiger partial charge on any atom is -0.497 e. The molecule has 4 rings (SSSR count). The molecule has 0 fully saturated rings. The first kappa shape index (κ1) is 19.8. The van der Waals surface area contributed by atoms with Crippen LogP contribution in [0.1, 0.15) is 33.3 Å². The Morgan fingerprint density at radius 1 is 1.20 bits per heavy atom. The average Bonchev–Trinajstić information content (AvgIpc) is 3.47. The molecule has 0 spiro atoms. The van der Waals surface area contributed by atoms with Crippen LogP contribution in [0.5, 0.6) is 11.5 Å². The predicted molar refractivity (Wildman–Crippen MR) is 115 cm³/mol. The number of hydrogen-bond donors (Lipinski definition) is 0. The predicted octanol–water partition coefficient (Wildman–Crippen LogP) is 4.33. The smallest absolute Gasteiger partial charge is 0.281 e. The number of amides is 1. The Morgan fingerprint density at radius 3 is 2.83 bits per heavy atom. The molecule has 0 bridgehead atoms. The Balaban J connectivity index is 1.57. The highest BCUT2D eigenvalue weighted by Gasteiger charge is 2.34. The van der Waals surface area contributed by atoms with Crippen LogP contribution in [0.2, 0.25) is 0 Å². The zero-order valence-corrected chi connectivity index (χ0v) is 17.2. The van der Waals surface area contributed by atoms with Crippen molar-refractivity contribution >= 4 is 29.2 Å². The standard InChI is InChI=1S/C23H20N2O4S/c1-28-18-8-4-7-16(12-18)19-13-20(22-10-5-11-30-22)25(24-19)23(27)15-29-21-9-3-2-6-17(21)14-26/h2-12,14,20H,13,15H2,1H3. The SMILES string of the molecule is COc1cccc(C2=NN(C(=O)COc3ccccc3C=O)C(c3cccs3)C2)c1. The van der Waals surface area contributed by atoms with Gasteiger partial charge in [-0.15, -0.1) is 11.3 Å². The highest BCUT2D eigenvalue weighted by Crippen LogP contribution is 2.35. The molecule has 1 aliphatic heterocycles. The van der Waals surface area contributed by atoms with Crippen LogP contribution in [0.15, 0.2) is 71.1 Å². The molecule has 6 nitrogen and oxygen atoms in total. The molecule has 2 aromatic carbocycles. The Labute approximate surface area is 178 Å². The van der Waals surface area contributed by atoms with Gasteiger partial charge in [-0.05, 0) is 35.7 Å². The fourth-order valence-corrected chi connectivity index (χ4v) is 4.15. The molecule has 0 radical (unpaired) electrons. The third kappa shape index (κ3) is 4.11. The van der Waals surface area contributed by atoms with E-state index in [-0.39, 0.29) is 18.6 Å². The van der Waals surface area contributed by atoms with Crippen molar-refractivity contribution < 1.29 is 19.1 Å². The molecule has 30 heavy (non-hydrogen) atoms. The van der Waals surface area contributed by atoms with Crippen LogP contribution in [-0.4, -0.2) is 36.6 Å². The molecule has 152 valence electrons. The lowest BCUT2D eigenvalue weighted by Crippen LogP contribution is -2.31. The summed E-state index contributed by atoms with van der Waals surface area (Å²) in [4.78, 5) is 25.2. The van der Waals surface area contributed by atoms with E-state index >= 15 is 0 Å². The number of carbonyl (C=O) groups excluding carboxylic acids is 2. The van der Waals surface area contributed by atoms with E-state index in [9.17, 15) is 9.59 Å². The highest BCUT2D eigenvalue weighted by molar-refractivity contribution is 7.10. The van der Waals surface area contributed by atoms with E-state index in [0.29, 0.717) is 24.0 Å². The quantitative estimate of drug-likeness (QED) is 0.534. The number of methoxy groups -OCH3 is 1. The second-order valence-electron chi connectivity index (χ2n) is 6.70. The molecule has 0 aliphatic carbocycles. The molecular formula is C23H20N2O4S. The summed E-state index contributed by atoms with van der Waals surface area (Å²) in [6, 6.07) is 18.2. The number of hydrazone groups is 1. The maximum absolute atomic E-state index is 13.0. The Morgan fingerprint density at radius 2 is 2.07 bits per heavy atom. The first-order valence-electron chi connectivity index (χ1n) is 9.44. The summed E-state index contributed by atoms with van der Waals surface area (Å²) < 4.78 is 11.0. The zero-order valence-electron chi connectivity index (χ0n) is 16.4. The lowest BCUT2D eigenvalue weighted by molar-refractivity contribution is -0.135. The third-order valence-corrected chi connectivity index (χ3v) is 5.81. The van der Waals surface area contributed by atoms with Crippen molar-refractivity contribution in [2.75, 3.05) is 13.7 Å². The van der Waals surface area contributed by atoms with Crippen molar-refractivity contribution in [1.29, 1.82) is 0 Å². The van der Waals surface area contributed by atoms with Crippen LogP contribution >= 0.6 is 11.3 Å². The molecule has 2 heterocycles. The first-order chi connectivity index (χ1) is 14.7. The van der Waals surface area contributed by atoms with E-state index in [4.69, 9.17) is 9.47 Å². The van der Waals surface area contributed by atoms with Crippen molar-refractivity contribution in [2.24, 2.45) is 5.10 Å². The number of rotatable bonds is 7.